The molecule has 0 aliphatic rings. The maximum atomic E-state index is 11.0. The van der Waals surface area contributed by atoms with Gasteiger partial charge in [0.25, 0.3) is 0 Å². The smallest absolute Gasteiger partial charge is 0.227 e. The predicted molar refractivity (Wildman–Crippen MR) is 105 cm³/mol. The topological polar surface area (TPSA) is 93.8 Å². The average Bonchev–Trinajstić information content (AvgIpc) is 3.16. The molecule has 0 aliphatic heterocycles. The molecule has 4 aromatic rings. The van der Waals surface area contributed by atoms with E-state index in [0.717, 1.165) is 34.2 Å². The van der Waals surface area contributed by atoms with E-state index in [-0.39, 0.29) is 0 Å². The van der Waals surface area contributed by atoms with Gasteiger partial charge in [-0.05, 0) is 37.6 Å². The summed E-state index contributed by atoms with van der Waals surface area (Å²) in [4.78, 5) is 24.2. The number of carbonyl (C=O) groups excluding carboxylic acids is 1. The van der Waals surface area contributed by atoms with Crippen LogP contribution in [-0.2, 0) is 0 Å². The van der Waals surface area contributed by atoms with Gasteiger partial charge in [0, 0.05) is 46.5 Å². The lowest BCUT2D eigenvalue weighted by atomic mass is 10.1. The van der Waals surface area contributed by atoms with Crippen molar-refractivity contribution in [2.75, 3.05) is 5.32 Å². The molecule has 0 spiro atoms. The molecule has 3 aromatic heterocycles. The van der Waals surface area contributed by atoms with Gasteiger partial charge in [-0.25, -0.2) is 9.97 Å². The Bertz CT molecular complexity index is 1150. The van der Waals surface area contributed by atoms with Crippen LogP contribution >= 0.6 is 0 Å². The van der Waals surface area contributed by atoms with Gasteiger partial charge in [0.05, 0.1) is 11.9 Å². The third-order valence-corrected chi connectivity index (χ3v) is 4.34. The molecule has 3 heterocycles. The van der Waals surface area contributed by atoms with E-state index in [1.807, 2.05) is 32.0 Å². The number of aryl methyl sites for hydroxylation is 2. The van der Waals surface area contributed by atoms with Gasteiger partial charge in [-0.1, -0.05) is 17.3 Å². The van der Waals surface area contributed by atoms with E-state index in [1.165, 1.54) is 0 Å². The minimum atomic E-state index is 0.435. The number of hydrogen-bond donors (Lipinski definition) is 1. The summed E-state index contributed by atoms with van der Waals surface area (Å²) < 4.78 is 5.32. The van der Waals surface area contributed by atoms with Crippen LogP contribution < -0.4 is 5.32 Å². The van der Waals surface area contributed by atoms with E-state index in [2.05, 4.69) is 25.4 Å². The molecule has 1 N–H and O–H groups in total. The van der Waals surface area contributed by atoms with E-state index < -0.39 is 0 Å². The van der Waals surface area contributed by atoms with Gasteiger partial charge in [0.2, 0.25) is 5.95 Å². The summed E-state index contributed by atoms with van der Waals surface area (Å²) in [6.07, 6.45) is 7.62. The zero-order chi connectivity index (χ0) is 19.5. The summed E-state index contributed by atoms with van der Waals surface area (Å²) in [5.74, 6) is 1.12. The van der Waals surface area contributed by atoms with Crippen molar-refractivity contribution in [2.45, 2.75) is 13.8 Å². The number of nitrogens with one attached hydrogen (secondary N) is 1. The van der Waals surface area contributed by atoms with Gasteiger partial charge in [-0.2, -0.15) is 0 Å². The monoisotopic (exact) mass is 371 g/mol. The summed E-state index contributed by atoms with van der Waals surface area (Å²) in [6, 6.07) is 9.18. The average molecular weight is 371 g/mol. The Morgan fingerprint density at radius 2 is 1.86 bits per heavy atom. The van der Waals surface area contributed by atoms with E-state index >= 15 is 0 Å². The first-order chi connectivity index (χ1) is 13.6. The van der Waals surface area contributed by atoms with Crippen LogP contribution in [0, 0.1) is 13.8 Å². The number of pyridine rings is 1. The first kappa shape index (κ1) is 17.5. The molecule has 28 heavy (non-hydrogen) atoms. The van der Waals surface area contributed by atoms with Crippen LogP contribution in [0.15, 0.2) is 59.6 Å². The molecular weight excluding hydrogens is 354 g/mol. The fourth-order valence-corrected chi connectivity index (χ4v) is 2.82. The molecule has 0 amide bonds. The Morgan fingerprint density at radius 1 is 1.00 bits per heavy atom. The summed E-state index contributed by atoms with van der Waals surface area (Å²) in [5.41, 5.74) is 5.67. The SMILES string of the molecule is Cc1ccc(C=O)cc1Nc1nccc(-c2cncc(-c3oncc3C)c2)n1. The molecule has 7 nitrogen and oxygen atoms in total. The standard InChI is InChI=1S/C21H17N5O2/c1-13-3-4-15(12-27)7-19(13)26-21-23-6-5-18(25-21)16-8-17(11-22-10-16)20-14(2)9-24-28-20/h3-12H,1-2H3,(H,23,25,26). The minimum Gasteiger partial charge on any atom is -0.356 e. The van der Waals surface area contributed by atoms with Crippen molar-refractivity contribution >= 4 is 17.9 Å². The summed E-state index contributed by atoms with van der Waals surface area (Å²) in [6.45, 7) is 3.88. The van der Waals surface area contributed by atoms with Gasteiger partial charge >= 0.3 is 0 Å². The van der Waals surface area contributed by atoms with Crippen LogP contribution in [0.4, 0.5) is 11.6 Å². The second kappa shape index (κ2) is 7.40. The lowest BCUT2D eigenvalue weighted by molar-refractivity contribution is 0.112. The van der Waals surface area contributed by atoms with Gasteiger partial charge in [0.1, 0.15) is 6.29 Å². The number of nitrogens with zero attached hydrogens (tertiary/aromatic N) is 4. The van der Waals surface area contributed by atoms with Crippen molar-refractivity contribution < 1.29 is 9.32 Å². The Kier molecular flexibility index (Phi) is 4.63. The number of benzene rings is 1. The van der Waals surface area contributed by atoms with Gasteiger partial charge in [-0.15, -0.1) is 0 Å². The van der Waals surface area contributed by atoms with Crippen LogP contribution in [0.2, 0.25) is 0 Å². The molecule has 7 heteroatoms. The highest BCUT2D eigenvalue weighted by atomic mass is 16.5. The highest BCUT2D eigenvalue weighted by molar-refractivity contribution is 5.78. The quantitative estimate of drug-likeness (QED) is 0.521. The van der Waals surface area contributed by atoms with E-state index in [0.29, 0.717) is 23.0 Å². The number of carbonyl (C=O) groups is 1. The number of aromatic nitrogens is 4. The van der Waals surface area contributed by atoms with Crippen LogP contribution in [0.5, 0.6) is 0 Å². The van der Waals surface area contributed by atoms with Crippen molar-refractivity contribution in [2.24, 2.45) is 0 Å². The highest BCUT2D eigenvalue weighted by Crippen LogP contribution is 2.27. The van der Waals surface area contributed by atoms with Crippen molar-refractivity contribution in [3.05, 3.63) is 71.8 Å². The number of rotatable bonds is 5. The molecule has 0 unspecified atom stereocenters. The normalized spacial score (nSPS) is 10.6. The third kappa shape index (κ3) is 3.50. The predicted octanol–water partition coefficient (Wildman–Crippen LogP) is 4.37. The molecule has 0 fully saturated rings. The molecular formula is C21H17N5O2. The van der Waals surface area contributed by atoms with Crippen LogP contribution in [0.3, 0.4) is 0 Å². The Labute approximate surface area is 161 Å². The van der Waals surface area contributed by atoms with Crippen molar-refractivity contribution in [3.8, 4) is 22.6 Å². The zero-order valence-electron chi connectivity index (χ0n) is 15.4. The number of hydrogen-bond acceptors (Lipinski definition) is 7. The molecule has 138 valence electrons. The molecule has 0 saturated heterocycles. The maximum Gasteiger partial charge on any atom is 0.227 e. The Hall–Kier alpha value is -3.87. The molecule has 0 aliphatic carbocycles. The second-order valence-electron chi connectivity index (χ2n) is 6.38. The van der Waals surface area contributed by atoms with Crippen LogP contribution in [0.25, 0.3) is 22.6 Å². The Morgan fingerprint density at radius 3 is 2.64 bits per heavy atom. The number of anilines is 2. The largest absolute Gasteiger partial charge is 0.356 e. The van der Waals surface area contributed by atoms with Crippen molar-refractivity contribution in [3.63, 3.8) is 0 Å². The van der Waals surface area contributed by atoms with E-state index in [1.54, 1.807) is 36.9 Å². The first-order valence-electron chi connectivity index (χ1n) is 8.67. The summed E-state index contributed by atoms with van der Waals surface area (Å²) in [7, 11) is 0. The Balaban J connectivity index is 1.66. The van der Waals surface area contributed by atoms with Crippen LogP contribution in [0.1, 0.15) is 21.5 Å². The zero-order valence-corrected chi connectivity index (χ0v) is 15.4. The van der Waals surface area contributed by atoms with E-state index in [4.69, 9.17) is 4.52 Å². The fourth-order valence-electron chi connectivity index (χ4n) is 2.82. The third-order valence-electron chi connectivity index (χ3n) is 4.34. The summed E-state index contributed by atoms with van der Waals surface area (Å²) in [5, 5.41) is 7.00. The lowest BCUT2D eigenvalue weighted by Gasteiger charge is -2.10. The second-order valence-corrected chi connectivity index (χ2v) is 6.38. The molecule has 4 rings (SSSR count). The molecule has 0 saturated carbocycles. The first-order valence-corrected chi connectivity index (χ1v) is 8.67. The number of aldehydes is 1. The van der Waals surface area contributed by atoms with E-state index in [9.17, 15) is 4.79 Å². The van der Waals surface area contributed by atoms with Crippen molar-refractivity contribution in [1.29, 1.82) is 0 Å². The van der Waals surface area contributed by atoms with Gasteiger partial charge in [-0.3, -0.25) is 9.78 Å². The van der Waals surface area contributed by atoms with Gasteiger partial charge < -0.3 is 9.84 Å². The molecule has 1 aromatic carbocycles. The van der Waals surface area contributed by atoms with Crippen molar-refractivity contribution in [1.82, 2.24) is 20.1 Å². The minimum absolute atomic E-state index is 0.435. The summed E-state index contributed by atoms with van der Waals surface area (Å²) >= 11 is 0. The highest BCUT2D eigenvalue weighted by Gasteiger charge is 2.11. The van der Waals surface area contributed by atoms with Gasteiger partial charge in [0.15, 0.2) is 5.76 Å². The fraction of sp³-hybridized carbons (Fsp3) is 0.0952. The molecule has 0 bridgehead atoms. The molecule has 0 radical (unpaired) electrons. The van der Waals surface area contributed by atoms with Crippen LogP contribution in [-0.4, -0.2) is 26.4 Å². The lowest BCUT2D eigenvalue weighted by Crippen LogP contribution is -2.00. The maximum absolute atomic E-state index is 11.0. The molecule has 0 atom stereocenters.